The van der Waals surface area contributed by atoms with Crippen LogP contribution < -0.4 is 10.2 Å². The number of aryl methyl sites for hydroxylation is 1. The third-order valence-corrected chi connectivity index (χ3v) is 6.49. The van der Waals surface area contributed by atoms with Crippen molar-refractivity contribution in [3.63, 3.8) is 0 Å². The highest BCUT2D eigenvalue weighted by atomic mass is 35.5. The van der Waals surface area contributed by atoms with E-state index < -0.39 is 0 Å². The zero-order chi connectivity index (χ0) is 21.5. The maximum absolute atomic E-state index is 13.3. The van der Waals surface area contributed by atoms with Crippen LogP contribution in [-0.2, 0) is 10.2 Å². The van der Waals surface area contributed by atoms with Gasteiger partial charge >= 0.3 is 6.03 Å². The van der Waals surface area contributed by atoms with Gasteiger partial charge in [-0.25, -0.2) is 4.79 Å². The number of likely N-dealkylation sites (tertiary alicyclic amines) is 1. The fourth-order valence-corrected chi connectivity index (χ4v) is 5.06. The summed E-state index contributed by atoms with van der Waals surface area (Å²) >= 11 is 6.45. The molecule has 2 aromatic rings. The summed E-state index contributed by atoms with van der Waals surface area (Å²) in [7, 11) is 0. The predicted molar refractivity (Wildman–Crippen MR) is 121 cm³/mol. The lowest BCUT2D eigenvalue weighted by molar-refractivity contribution is -0.123. The summed E-state index contributed by atoms with van der Waals surface area (Å²) in [5.41, 5.74) is 3.71. The van der Waals surface area contributed by atoms with Crippen LogP contribution >= 0.6 is 11.6 Å². The number of carbonyl (C=O) groups excluding carboxylic acids is 2. The quantitative estimate of drug-likeness (QED) is 0.717. The van der Waals surface area contributed by atoms with Gasteiger partial charge in [0.15, 0.2) is 0 Å². The number of fused-ring (bicyclic) bond motifs is 1. The number of piperidine rings is 1. The highest BCUT2D eigenvalue weighted by Crippen LogP contribution is 2.45. The predicted octanol–water partition coefficient (Wildman–Crippen LogP) is 5.22. The number of amides is 3. The summed E-state index contributed by atoms with van der Waals surface area (Å²) in [6, 6.07) is 13.4. The summed E-state index contributed by atoms with van der Waals surface area (Å²) in [5.74, 6) is 0.0663. The Kier molecular flexibility index (Phi) is 5.49. The van der Waals surface area contributed by atoms with Gasteiger partial charge in [-0.05, 0) is 49.6 Å². The van der Waals surface area contributed by atoms with Crippen molar-refractivity contribution in [2.45, 2.75) is 39.0 Å². The highest BCUT2D eigenvalue weighted by Gasteiger charge is 2.42. The number of hydrogen-bond donors (Lipinski definition) is 1. The van der Waals surface area contributed by atoms with E-state index in [2.05, 4.69) is 19.2 Å². The molecule has 0 saturated carbocycles. The number of carbonyl (C=O) groups is 2. The lowest BCUT2D eigenvalue weighted by Gasteiger charge is -2.33. The van der Waals surface area contributed by atoms with E-state index in [9.17, 15) is 9.59 Å². The van der Waals surface area contributed by atoms with Gasteiger partial charge in [-0.2, -0.15) is 0 Å². The van der Waals surface area contributed by atoms with Crippen molar-refractivity contribution in [1.82, 2.24) is 4.90 Å². The molecular formula is C24H28ClN3O2. The zero-order valence-corrected chi connectivity index (χ0v) is 18.5. The maximum Gasteiger partial charge on any atom is 0.321 e. The van der Waals surface area contributed by atoms with Crippen LogP contribution in [0.25, 0.3) is 0 Å². The van der Waals surface area contributed by atoms with Gasteiger partial charge in [0.05, 0.1) is 0 Å². The normalized spacial score (nSPS) is 18.3. The Balaban J connectivity index is 1.40. The van der Waals surface area contributed by atoms with Crippen LogP contribution in [0.15, 0.2) is 42.5 Å². The van der Waals surface area contributed by atoms with Gasteiger partial charge in [-0.1, -0.05) is 43.6 Å². The van der Waals surface area contributed by atoms with Crippen molar-refractivity contribution < 1.29 is 9.59 Å². The average molecular weight is 426 g/mol. The molecule has 0 spiro atoms. The Hall–Kier alpha value is -2.53. The molecule has 0 aromatic heterocycles. The summed E-state index contributed by atoms with van der Waals surface area (Å²) in [6.45, 7) is 8.05. The summed E-state index contributed by atoms with van der Waals surface area (Å²) in [6.07, 6.45) is 1.35. The van der Waals surface area contributed by atoms with Crippen LogP contribution in [-0.4, -0.2) is 36.5 Å². The van der Waals surface area contributed by atoms with Gasteiger partial charge < -0.3 is 15.1 Å². The Morgan fingerprint density at radius 3 is 2.50 bits per heavy atom. The minimum Gasteiger partial charge on any atom is -0.324 e. The molecule has 4 rings (SSSR count). The largest absolute Gasteiger partial charge is 0.324 e. The van der Waals surface area contributed by atoms with E-state index in [0.717, 1.165) is 27.5 Å². The summed E-state index contributed by atoms with van der Waals surface area (Å²) in [5, 5.41) is 3.68. The number of nitrogens with one attached hydrogen (secondary N) is 1. The fourth-order valence-electron chi connectivity index (χ4n) is 4.64. The van der Waals surface area contributed by atoms with Crippen molar-refractivity contribution in [2.75, 3.05) is 29.9 Å². The van der Waals surface area contributed by atoms with Crippen molar-refractivity contribution in [2.24, 2.45) is 5.92 Å². The lowest BCUT2D eigenvalue weighted by Crippen LogP contribution is -2.46. The average Bonchev–Trinajstić information content (AvgIpc) is 2.99. The topological polar surface area (TPSA) is 52.7 Å². The molecule has 1 fully saturated rings. The molecule has 6 heteroatoms. The van der Waals surface area contributed by atoms with Crippen LogP contribution in [0.2, 0.25) is 5.02 Å². The second kappa shape index (κ2) is 7.95. The summed E-state index contributed by atoms with van der Waals surface area (Å²) in [4.78, 5) is 29.6. The number of anilines is 2. The molecule has 1 N–H and O–H groups in total. The van der Waals surface area contributed by atoms with Crippen molar-refractivity contribution in [3.8, 4) is 0 Å². The molecule has 3 amide bonds. The number of benzene rings is 2. The fraction of sp³-hybridized carbons (Fsp3) is 0.417. The van der Waals surface area contributed by atoms with Crippen LogP contribution in [0, 0.1) is 12.8 Å². The van der Waals surface area contributed by atoms with Gasteiger partial charge in [-0.3, -0.25) is 4.79 Å². The molecule has 0 radical (unpaired) electrons. The van der Waals surface area contributed by atoms with Crippen LogP contribution in [0.4, 0.5) is 16.2 Å². The van der Waals surface area contributed by atoms with E-state index in [1.54, 1.807) is 4.90 Å². The minimum atomic E-state index is -0.169. The molecule has 158 valence electrons. The second-order valence-electron chi connectivity index (χ2n) is 9.00. The van der Waals surface area contributed by atoms with E-state index in [1.165, 1.54) is 0 Å². The Bertz CT molecular complexity index is 980. The van der Waals surface area contributed by atoms with Crippen LogP contribution in [0.5, 0.6) is 0 Å². The minimum absolute atomic E-state index is 0.0752. The SMILES string of the molecule is Cc1cccc(NC(=O)N2CCC(C(=O)N3CC(C)(C)c4c(Cl)cccc43)CC2)c1. The van der Waals surface area contributed by atoms with E-state index >= 15 is 0 Å². The first-order valence-electron chi connectivity index (χ1n) is 10.5. The van der Waals surface area contributed by atoms with Crippen molar-refractivity contribution >= 4 is 34.9 Å². The number of rotatable bonds is 2. The molecule has 0 bridgehead atoms. The molecule has 1 saturated heterocycles. The standard InChI is InChI=1S/C24H28ClN3O2/c1-16-6-4-7-18(14-16)26-23(30)27-12-10-17(11-13-27)22(29)28-15-24(2,3)21-19(25)8-5-9-20(21)28/h4-9,14,17H,10-13,15H2,1-3H3,(H,26,30). The summed E-state index contributed by atoms with van der Waals surface area (Å²) < 4.78 is 0. The van der Waals surface area contributed by atoms with Gasteiger partial charge in [0, 0.05) is 52.9 Å². The molecule has 0 aliphatic carbocycles. The van der Waals surface area contributed by atoms with Crippen LogP contribution in [0.3, 0.4) is 0 Å². The Morgan fingerprint density at radius 1 is 1.10 bits per heavy atom. The lowest BCUT2D eigenvalue weighted by atomic mass is 9.87. The third-order valence-electron chi connectivity index (χ3n) is 6.18. The first-order chi connectivity index (χ1) is 14.3. The number of urea groups is 1. The molecule has 0 atom stereocenters. The van der Waals surface area contributed by atoms with E-state index in [0.29, 0.717) is 32.5 Å². The Labute approximate surface area is 183 Å². The molecule has 2 aliphatic rings. The molecule has 2 heterocycles. The smallest absolute Gasteiger partial charge is 0.321 e. The maximum atomic E-state index is 13.3. The van der Waals surface area contributed by atoms with E-state index in [-0.39, 0.29) is 23.3 Å². The van der Waals surface area contributed by atoms with Gasteiger partial charge in [0.25, 0.3) is 0 Å². The number of halogens is 1. The first-order valence-corrected chi connectivity index (χ1v) is 10.9. The van der Waals surface area contributed by atoms with Crippen LogP contribution in [0.1, 0.15) is 37.8 Å². The number of nitrogens with zero attached hydrogens (tertiary/aromatic N) is 2. The van der Waals surface area contributed by atoms with E-state index in [4.69, 9.17) is 11.6 Å². The van der Waals surface area contributed by atoms with Crippen molar-refractivity contribution in [3.05, 3.63) is 58.6 Å². The van der Waals surface area contributed by atoms with E-state index in [1.807, 2.05) is 54.3 Å². The molecule has 2 aromatic carbocycles. The first kappa shape index (κ1) is 20.7. The molecule has 0 unspecified atom stereocenters. The number of hydrogen-bond acceptors (Lipinski definition) is 2. The molecule has 5 nitrogen and oxygen atoms in total. The third kappa shape index (κ3) is 3.91. The van der Waals surface area contributed by atoms with Crippen molar-refractivity contribution in [1.29, 1.82) is 0 Å². The monoisotopic (exact) mass is 425 g/mol. The van der Waals surface area contributed by atoms with Gasteiger partial charge in [-0.15, -0.1) is 0 Å². The molecular weight excluding hydrogens is 398 g/mol. The van der Waals surface area contributed by atoms with Gasteiger partial charge in [0.2, 0.25) is 5.91 Å². The second-order valence-corrected chi connectivity index (χ2v) is 9.41. The zero-order valence-electron chi connectivity index (χ0n) is 17.7. The Morgan fingerprint density at radius 2 is 1.80 bits per heavy atom. The van der Waals surface area contributed by atoms with Gasteiger partial charge in [0.1, 0.15) is 0 Å². The highest BCUT2D eigenvalue weighted by molar-refractivity contribution is 6.32. The molecule has 30 heavy (non-hydrogen) atoms. The molecule has 2 aliphatic heterocycles.